The number of carbonyl (C=O) groups is 2. The third kappa shape index (κ3) is 5.49. The summed E-state index contributed by atoms with van der Waals surface area (Å²) in [5, 5.41) is 16.0. The standard InChI is InChI=1S/C29H22FN3O3S/c30-24-7-3-4-8-26(24)33(17-19-9-11-21(12-10-19)28(36)31-16-27(34)35)29-32-25(18-37-29)23-14-13-20-5-1-2-6-22(20)15-23/h1-15,18H,16-17H2,(H,31,36)(H,34,35). The van der Waals surface area contributed by atoms with E-state index in [1.54, 1.807) is 42.5 Å². The van der Waals surface area contributed by atoms with Crippen LogP contribution in [0.2, 0.25) is 0 Å². The maximum Gasteiger partial charge on any atom is 0.322 e. The van der Waals surface area contributed by atoms with Crippen LogP contribution in [-0.2, 0) is 11.3 Å². The van der Waals surface area contributed by atoms with E-state index < -0.39 is 18.4 Å². The van der Waals surface area contributed by atoms with Crippen LogP contribution in [-0.4, -0.2) is 28.5 Å². The van der Waals surface area contributed by atoms with Crippen LogP contribution in [0.4, 0.5) is 15.2 Å². The fraction of sp³-hybridized carbons (Fsp3) is 0.0690. The first-order valence-corrected chi connectivity index (χ1v) is 12.4. The van der Waals surface area contributed by atoms with Crippen LogP contribution in [0, 0.1) is 5.82 Å². The molecular formula is C29H22FN3O3S. The molecule has 1 heterocycles. The maximum atomic E-state index is 14.9. The van der Waals surface area contributed by atoms with Crippen molar-refractivity contribution in [1.29, 1.82) is 0 Å². The molecule has 1 amide bonds. The number of rotatable bonds is 8. The van der Waals surface area contributed by atoms with Gasteiger partial charge in [-0.25, -0.2) is 9.37 Å². The van der Waals surface area contributed by atoms with E-state index in [1.165, 1.54) is 17.4 Å². The minimum Gasteiger partial charge on any atom is -0.480 e. The van der Waals surface area contributed by atoms with Gasteiger partial charge in [-0.05, 0) is 46.7 Å². The van der Waals surface area contributed by atoms with Crippen molar-refractivity contribution in [3.8, 4) is 11.3 Å². The lowest BCUT2D eigenvalue weighted by atomic mass is 10.1. The quantitative estimate of drug-likeness (QED) is 0.257. The second kappa shape index (κ2) is 10.6. The molecule has 0 fully saturated rings. The molecule has 0 aliphatic carbocycles. The van der Waals surface area contributed by atoms with Crippen molar-refractivity contribution in [2.24, 2.45) is 0 Å². The van der Waals surface area contributed by atoms with Crippen LogP contribution in [0.1, 0.15) is 15.9 Å². The Hall–Kier alpha value is -4.56. The highest BCUT2D eigenvalue weighted by Crippen LogP contribution is 2.35. The number of carbonyl (C=O) groups excluding carboxylic acids is 1. The molecule has 1 aromatic heterocycles. The highest BCUT2D eigenvalue weighted by atomic mass is 32.1. The summed E-state index contributed by atoms with van der Waals surface area (Å²) in [6.45, 7) is -0.131. The minimum absolute atomic E-state index is 0.322. The molecule has 0 radical (unpaired) electrons. The van der Waals surface area contributed by atoms with E-state index in [1.807, 2.05) is 28.5 Å². The van der Waals surface area contributed by atoms with Crippen LogP contribution in [0.25, 0.3) is 22.0 Å². The van der Waals surface area contributed by atoms with E-state index in [2.05, 4.69) is 29.6 Å². The zero-order valence-electron chi connectivity index (χ0n) is 19.6. The number of thiazole rings is 1. The average Bonchev–Trinajstić information content (AvgIpc) is 3.41. The number of fused-ring (bicyclic) bond motifs is 1. The van der Waals surface area contributed by atoms with Gasteiger partial charge in [0.05, 0.1) is 17.9 Å². The number of nitrogens with zero attached hydrogens (tertiary/aromatic N) is 2. The molecule has 0 atom stereocenters. The lowest BCUT2D eigenvalue weighted by Gasteiger charge is -2.23. The maximum absolute atomic E-state index is 14.9. The van der Waals surface area contributed by atoms with E-state index in [-0.39, 0.29) is 5.82 Å². The molecule has 0 aliphatic rings. The highest BCUT2D eigenvalue weighted by molar-refractivity contribution is 7.14. The van der Waals surface area contributed by atoms with Crippen molar-refractivity contribution in [3.05, 3.63) is 113 Å². The minimum atomic E-state index is -1.11. The van der Waals surface area contributed by atoms with Crippen LogP contribution in [0.5, 0.6) is 0 Å². The molecule has 0 bridgehead atoms. The van der Waals surface area contributed by atoms with Gasteiger partial charge in [0.2, 0.25) is 0 Å². The topological polar surface area (TPSA) is 82.5 Å². The summed E-state index contributed by atoms with van der Waals surface area (Å²) in [5.74, 6) is -1.95. The van der Waals surface area contributed by atoms with Crippen molar-refractivity contribution in [2.75, 3.05) is 11.4 Å². The molecule has 8 heteroatoms. The Morgan fingerprint density at radius 3 is 2.41 bits per heavy atom. The van der Waals surface area contributed by atoms with E-state index in [9.17, 15) is 14.0 Å². The monoisotopic (exact) mass is 511 g/mol. The van der Waals surface area contributed by atoms with Crippen LogP contribution < -0.4 is 10.2 Å². The van der Waals surface area contributed by atoms with Crippen molar-refractivity contribution in [2.45, 2.75) is 6.54 Å². The molecule has 6 nitrogen and oxygen atoms in total. The lowest BCUT2D eigenvalue weighted by Crippen LogP contribution is -2.29. The van der Waals surface area contributed by atoms with E-state index in [4.69, 9.17) is 10.1 Å². The summed E-state index contributed by atoms with van der Waals surface area (Å²) in [4.78, 5) is 29.5. The Kier molecular flexibility index (Phi) is 6.91. The first-order chi connectivity index (χ1) is 18.0. The van der Waals surface area contributed by atoms with Crippen molar-refractivity contribution < 1.29 is 19.1 Å². The van der Waals surface area contributed by atoms with Crippen molar-refractivity contribution in [1.82, 2.24) is 10.3 Å². The number of carboxylic acids is 1. The van der Waals surface area contributed by atoms with Crippen LogP contribution in [0.15, 0.2) is 96.4 Å². The molecule has 37 heavy (non-hydrogen) atoms. The molecule has 0 saturated heterocycles. The molecule has 0 saturated carbocycles. The average molecular weight is 512 g/mol. The molecule has 5 rings (SSSR count). The molecule has 4 aromatic carbocycles. The normalized spacial score (nSPS) is 10.8. The Bertz CT molecular complexity index is 1580. The number of aliphatic carboxylic acids is 1. The van der Waals surface area contributed by atoms with Crippen molar-refractivity contribution in [3.63, 3.8) is 0 Å². The number of benzene rings is 4. The Labute approximate surface area is 216 Å². The first-order valence-electron chi connectivity index (χ1n) is 11.5. The van der Waals surface area contributed by atoms with Gasteiger partial charge in [-0.15, -0.1) is 11.3 Å². The summed E-state index contributed by atoms with van der Waals surface area (Å²) >= 11 is 1.43. The largest absolute Gasteiger partial charge is 0.480 e. The third-order valence-electron chi connectivity index (χ3n) is 5.87. The molecule has 0 spiro atoms. The SMILES string of the molecule is O=C(O)CNC(=O)c1ccc(CN(c2nc(-c3ccc4ccccc4c3)cs2)c2ccccc2F)cc1. The van der Waals surface area contributed by atoms with Crippen molar-refractivity contribution >= 4 is 44.8 Å². The van der Waals surface area contributed by atoms with E-state index >= 15 is 0 Å². The van der Waals surface area contributed by atoms with Gasteiger partial charge in [0.1, 0.15) is 12.4 Å². The summed E-state index contributed by atoms with van der Waals surface area (Å²) in [7, 11) is 0. The van der Waals surface area contributed by atoms with Gasteiger partial charge in [0.15, 0.2) is 5.13 Å². The van der Waals surface area contributed by atoms with Gasteiger partial charge in [-0.2, -0.15) is 0 Å². The lowest BCUT2D eigenvalue weighted by molar-refractivity contribution is -0.135. The van der Waals surface area contributed by atoms with Gasteiger partial charge in [-0.3, -0.25) is 9.59 Å². The van der Waals surface area contributed by atoms with E-state index in [0.29, 0.717) is 22.9 Å². The molecule has 2 N–H and O–H groups in total. The summed E-state index contributed by atoms with van der Waals surface area (Å²) < 4.78 is 14.9. The first kappa shape index (κ1) is 24.1. The number of halogens is 1. The second-order valence-electron chi connectivity index (χ2n) is 8.39. The fourth-order valence-corrected chi connectivity index (χ4v) is 4.85. The number of hydrogen-bond acceptors (Lipinski definition) is 5. The number of aromatic nitrogens is 1. The van der Waals surface area contributed by atoms with Gasteiger partial charge in [0.25, 0.3) is 5.91 Å². The molecule has 0 aliphatic heterocycles. The molecular weight excluding hydrogens is 489 g/mol. The molecule has 184 valence electrons. The van der Waals surface area contributed by atoms with Gasteiger partial charge in [0, 0.05) is 16.5 Å². The van der Waals surface area contributed by atoms with Gasteiger partial charge < -0.3 is 15.3 Å². The summed E-state index contributed by atoms with van der Waals surface area (Å²) in [5.41, 5.74) is 3.35. The second-order valence-corrected chi connectivity index (χ2v) is 9.22. The van der Waals surface area contributed by atoms with E-state index in [0.717, 1.165) is 27.6 Å². The Morgan fingerprint density at radius 2 is 1.65 bits per heavy atom. The smallest absolute Gasteiger partial charge is 0.322 e. The Balaban J connectivity index is 1.44. The summed E-state index contributed by atoms with van der Waals surface area (Å²) in [6.07, 6.45) is 0. The van der Waals surface area contributed by atoms with Crippen LogP contribution >= 0.6 is 11.3 Å². The van der Waals surface area contributed by atoms with Gasteiger partial charge >= 0.3 is 5.97 Å². The molecule has 0 unspecified atom stereocenters. The number of anilines is 2. The number of hydrogen-bond donors (Lipinski definition) is 2. The van der Waals surface area contributed by atoms with Gasteiger partial charge in [-0.1, -0.05) is 60.7 Å². The highest BCUT2D eigenvalue weighted by Gasteiger charge is 2.19. The predicted molar refractivity (Wildman–Crippen MR) is 144 cm³/mol. The zero-order valence-corrected chi connectivity index (χ0v) is 20.4. The number of carboxylic acid groups (broad SMARTS) is 1. The Morgan fingerprint density at radius 1 is 0.919 bits per heavy atom. The van der Waals surface area contributed by atoms with Crippen LogP contribution in [0.3, 0.4) is 0 Å². The molecule has 5 aromatic rings. The predicted octanol–water partition coefficient (Wildman–Crippen LogP) is 6.26. The number of para-hydroxylation sites is 1. The summed E-state index contributed by atoms with van der Waals surface area (Å²) in [6, 6.07) is 27.6. The zero-order chi connectivity index (χ0) is 25.8. The third-order valence-corrected chi connectivity index (χ3v) is 6.73. The fourth-order valence-electron chi connectivity index (χ4n) is 4.00. The number of nitrogens with one attached hydrogen (secondary N) is 1. The number of amides is 1.